The molecule has 0 aliphatic carbocycles. The number of esters is 2. The molecule has 0 spiro atoms. The van der Waals surface area contributed by atoms with Gasteiger partial charge in [-0.05, 0) is 44.1 Å². The zero-order valence-electron chi connectivity index (χ0n) is 36.2. The van der Waals surface area contributed by atoms with Crippen LogP contribution in [0.1, 0.15) is 201 Å². The van der Waals surface area contributed by atoms with Gasteiger partial charge in [-0.2, -0.15) is 0 Å². The van der Waals surface area contributed by atoms with Crippen molar-refractivity contribution in [3.05, 3.63) is 24.3 Å². The maximum Gasteiger partial charge on any atom is 0.472 e. The number of ketones is 1. The van der Waals surface area contributed by atoms with E-state index < -0.39 is 51.8 Å². The summed E-state index contributed by atoms with van der Waals surface area (Å²) in [7, 11) is -4.65. The summed E-state index contributed by atoms with van der Waals surface area (Å²) in [4.78, 5) is 47.1. The third-order valence-corrected chi connectivity index (χ3v) is 11.1. The number of aliphatic hydroxyl groups is 2. The molecule has 0 saturated heterocycles. The minimum atomic E-state index is -4.65. The van der Waals surface area contributed by atoms with Crippen molar-refractivity contribution in [3.63, 3.8) is 0 Å². The van der Waals surface area contributed by atoms with Gasteiger partial charge in [0.2, 0.25) is 0 Å². The molecule has 334 valence electrons. The Labute approximate surface area is 346 Å². The molecule has 57 heavy (non-hydrogen) atoms. The quantitative estimate of drug-likeness (QED) is 0.0176. The van der Waals surface area contributed by atoms with Crippen molar-refractivity contribution in [1.82, 2.24) is 0 Å². The fraction of sp³-hybridized carbons (Fsp3) is 0.844. The highest BCUT2D eigenvalue weighted by Gasteiger charge is 2.27. The van der Waals surface area contributed by atoms with Crippen LogP contribution >= 0.6 is 7.82 Å². The number of carbonyl (C=O) groups excluding carboxylic acids is 3. The van der Waals surface area contributed by atoms with E-state index >= 15 is 0 Å². The van der Waals surface area contributed by atoms with E-state index in [4.69, 9.17) is 19.1 Å². The normalized spacial score (nSPS) is 14.5. The summed E-state index contributed by atoms with van der Waals surface area (Å²) in [5, 5.41) is 18.3. The highest BCUT2D eigenvalue weighted by atomic mass is 31.2. The number of hydrogen-bond acceptors (Lipinski definition) is 10. The van der Waals surface area contributed by atoms with E-state index in [0.717, 1.165) is 63.7 Å². The molecular formula is C45H83O11P. The molecule has 0 saturated carbocycles. The highest BCUT2D eigenvalue weighted by molar-refractivity contribution is 7.47. The first-order valence-corrected chi connectivity index (χ1v) is 24.1. The van der Waals surface area contributed by atoms with E-state index in [1.165, 1.54) is 89.9 Å². The van der Waals surface area contributed by atoms with E-state index in [0.29, 0.717) is 19.3 Å². The number of phosphoric acid groups is 1. The first-order valence-electron chi connectivity index (χ1n) is 22.6. The molecule has 3 N–H and O–H groups in total. The van der Waals surface area contributed by atoms with E-state index in [1.54, 1.807) is 12.2 Å². The lowest BCUT2D eigenvalue weighted by molar-refractivity contribution is -0.161. The standard InChI is InChI=1S/C45H83O11P/c1-4-6-7-8-17-22-27-32-41(47)33-28-23-20-25-30-35-45(50)56-43(39-55-57(51,52)54-37-42(48)36-46)38-53-44(49)34-29-24-19-16-14-12-10-9-11-13-15-18-21-26-31-40(3)5-2/h17,22,27,32,40,42-43,46,48H,4-16,18-21,23-26,28-31,33-39H2,1-3H3,(H,51,52)/b22-17-,32-27+/t40?,42-,43+/m0/s1. The summed E-state index contributed by atoms with van der Waals surface area (Å²) in [6.45, 7) is 4.58. The molecule has 0 aliphatic heterocycles. The van der Waals surface area contributed by atoms with E-state index in [1.807, 2.05) is 6.08 Å². The van der Waals surface area contributed by atoms with Gasteiger partial charge in [0.25, 0.3) is 0 Å². The average Bonchev–Trinajstić information content (AvgIpc) is 3.19. The Morgan fingerprint density at radius 3 is 1.68 bits per heavy atom. The predicted molar refractivity (Wildman–Crippen MR) is 229 cm³/mol. The zero-order chi connectivity index (χ0) is 42.2. The van der Waals surface area contributed by atoms with Crippen LogP contribution in [0.3, 0.4) is 0 Å². The largest absolute Gasteiger partial charge is 0.472 e. The summed E-state index contributed by atoms with van der Waals surface area (Å²) in [6.07, 6.45) is 33.9. The van der Waals surface area contributed by atoms with Crippen molar-refractivity contribution in [3.8, 4) is 0 Å². The summed E-state index contributed by atoms with van der Waals surface area (Å²) >= 11 is 0. The van der Waals surface area contributed by atoms with Crippen LogP contribution in [0, 0.1) is 5.92 Å². The summed E-state index contributed by atoms with van der Waals surface area (Å²) in [5.74, 6) is -0.0415. The lowest BCUT2D eigenvalue weighted by Crippen LogP contribution is -2.29. The lowest BCUT2D eigenvalue weighted by atomic mass is 9.99. The molecule has 0 aromatic heterocycles. The Morgan fingerprint density at radius 1 is 0.632 bits per heavy atom. The molecule has 4 atom stereocenters. The van der Waals surface area contributed by atoms with Crippen molar-refractivity contribution in [1.29, 1.82) is 0 Å². The monoisotopic (exact) mass is 831 g/mol. The van der Waals surface area contributed by atoms with E-state index in [2.05, 4.69) is 31.4 Å². The first kappa shape index (κ1) is 55.1. The van der Waals surface area contributed by atoms with Gasteiger partial charge in [0, 0.05) is 19.3 Å². The van der Waals surface area contributed by atoms with Gasteiger partial charge >= 0.3 is 19.8 Å². The molecule has 11 nitrogen and oxygen atoms in total. The van der Waals surface area contributed by atoms with Crippen LogP contribution in [0.4, 0.5) is 0 Å². The van der Waals surface area contributed by atoms with Crippen molar-refractivity contribution in [2.45, 2.75) is 213 Å². The maximum absolute atomic E-state index is 12.6. The molecule has 0 fully saturated rings. The maximum atomic E-state index is 12.6. The minimum Gasteiger partial charge on any atom is -0.462 e. The minimum absolute atomic E-state index is 0.100. The van der Waals surface area contributed by atoms with Gasteiger partial charge in [0.15, 0.2) is 11.9 Å². The summed E-state index contributed by atoms with van der Waals surface area (Å²) in [6, 6.07) is 0. The fourth-order valence-corrected chi connectivity index (χ4v) is 6.98. The van der Waals surface area contributed by atoms with Crippen LogP contribution in [0.25, 0.3) is 0 Å². The van der Waals surface area contributed by atoms with Gasteiger partial charge < -0.3 is 24.6 Å². The molecule has 0 amide bonds. The molecular weight excluding hydrogens is 747 g/mol. The second-order valence-corrected chi connectivity index (χ2v) is 17.2. The second kappa shape index (κ2) is 39.6. The Balaban J connectivity index is 4.32. The predicted octanol–water partition coefficient (Wildman–Crippen LogP) is 11.2. The van der Waals surface area contributed by atoms with Gasteiger partial charge in [0.05, 0.1) is 19.8 Å². The molecule has 0 aromatic rings. The van der Waals surface area contributed by atoms with E-state index in [9.17, 15) is 28.9 Å². The molecule has 0 radical (unpaired) electrons. The van der Waals surface area contributed by atoms with Crippen LogP contribution in [0.2, 0.25) is 0 Å². The second-order valence-electron chi connectivity index (χ2n) is 15.7. The lowest BCUT2D eigenvalue weighted by Gasteiger charge is -2.20. The Kier molecular flexibility index (Phi) is 38.3. The molecule has 0 aromatic carbocycles. The van der Waals surface area contributed by atoms with Crippen LogP contribution in [0.15, 0.2) is 24.3 Å². The van der Waals surface area contributed by atoms with Gasteiger partial charge in [-0.25, -0.2) is 4.57 Å². The van der Waals surface area contributed by atoms with Gasteiger partial charge in [-0.15, -0.1) is 0 Å². The summed E-state index contributed by atoms with van der Waals surface area (Å²) < 4.78 is 32.7. The summed E-state index contributed by atoms with van der Waals surface area (Å²) in [5.41, 5.74) is 0. The number of allylic oxidation sites excluding steroid dienone is 4. The zero-order valence-corrected chi connectivity index (χ0v) is 37.1. The SMILES string of the molecule is CCCCC/C=C\C=C\C(=O)CCCCCCCC(=O)O[C@H](COC(=O)CCCCCCCCCCCCCCCCC(C)CC)COP(=O)(O)OC[C@@H](O)CO. The number of ether oxygens (including phenoxy) is 2. The highest BCUT2D eigenvalue weighted by Crippen LogP contribution is 2.43. The number of unbranched alkanes of at least 4 members (excludes halogenated alkanes) is 20. The van der Waals surface area contributed by atoms with Crippen LogP contribution in [-0.4, -0.2) is 71.5 Å². The third-order valence-electron chi connectivity index (χ3n) is 10.1. The molecule has 0 aliphatic rings. The Bertz CT molecular complexity index is 1080. The van der Waals surface area contributed by atoms with Gasteiger partial charge in [0.1, 0.15) is 12.7 Å². The average molecular weight is 831 g/mol. The van der Waals surface area contributed by atoms with Crippen LogP contribution in [-0.2, 0) is 37.5 Å². The molecule has 0 rings (SSSR count). The van der Waals surface area contributed by atoms with Crippen LogP contribution < -0.4 is 0 Å². The van der Waals surface area contributed by atoms with Gasteiger partial charge in [-0.1, -0.05) is 167 Å². The topological polar surface area (TPSA) is 166 Å². The van der Waals surface area contributed by atoms with Crippen molar-refractivity contribution >= 4 is 25.5 Å². The number of hydrogen-bond donors (Lipinski definition) is 3. The van der Waals surface area contributed by atoms with Crippen molar-refractivity contribution in [2.75, 3.05) is 26.4 Å². The third kappa shape index (κ3) is 39.4. The van der Waals surface area contributed by atoms with E-state index in [-0.39, 0.29) is 25.2 Å². The number of phosphoric ester groups is 1. The Hall–Kier alpha value is -1.88. The molecule has 2 unspecified atom stereocenters. The van der Waals surface area contributed by atoms with Crippen molar-refractivity contribution in [2.24, 2.45) is 5.92 Å². The first-order chi connectivity index (χ1) is 27.5. The molecule has 12 heteroatoms. The van der Waals surface area contributed by atoms with Crippen molar-refractivity contribution < 1.29 is 52.6 Å². The number of rotatable bonds is 42. The number of aliphatic hydroxyl groups excluding tert-OH is 2. The number of carbonyl (C=O) groups is 3. The molecule has 0 heterocycles. The van der Waals surface area contributed by atoms with Gasteiger partial charge in [-0.3, -0.25) is 23.4 Å². The Morgan fingerprint density at radius 2 is 1.14 bits per heavy atom. The molecule has 0 bridgehead atoms. The smallest absolute Gasteiger partial charge is 0.462 e. The van der Waals surface area contributed by atoms with Crippen LogP contribution in [0.5, 0.6) is 0 Å². The fourth-order valence-electron chi connectivity index (χ4n) is 6.19.